The van der Waals surface area contributed by atoms with Crippen molar-refractivity contribution in [3.05, 3.63) is 18.2 Å². The van der Waals surface area contributed by atoms with Gasteiger partial charge in [0.05, 0.1) is 24.7 Å². The first-order valence-electron chi connectivity index (χ1n) is 9.60. The van der Waals surface area contributed by atoms with E-state index in [0.29, 0.717) is 51.4 Å². The van der Waals surface area contributed by atoms with Gasteiger partial charge in [0, 0.05) is 18.3 Å². The highest BCUT2D eigenvalue weighted by molar-refractivity contribution is 8.03. The molecule has 2 N–H and O–H groups in total. The average molecular weight is 471 g/mol. The Balaban J connectivity index is 1.81. The fourth-order valence-corrected chi connectivity index (χ4v) is 4.86. The fraction of sp³-hybridized carbons (Fsp3) is 0.474. The van der Waals surface area contributed by atoms with Gasteiger partial charge in [0.2, 0.25) is 11.8 Å². The van der Waals surface area contributed by atoms with Crippen LogP contribution >= 0.6 is 34.9 Å². The Kier molecular flexibility index (Phi) is 10.8. The molecular weight excluding hydrogens is 444 g/mol. The van der Waals surface area contributed by atoms with Crippen molar-refractivity contribution >= 4 is 52.4 Å². The van der Waals surface area contributed by atoms with Crippen LogP contribution in [0, 0.1) is 0 Å². The second-order valence-corrected chi connectivity index (χ2v) is 9.26. The molecule has 2 aromatic rings. The summed E-state index contributed by atoms with van der Waals surface area (Å²) in [5.74, 6) is 1.57. The first-order chi connectivity index (χ1) is 14.5. The van der Waals surface area contributed by atoms with Crippen LogP contribution in [0.4, 0.5) is 5.69 Å². The number of nitrogens with one attached hydrogen (secondary N) is 2. The molecule has 0 spiro atoms. The molecule has 0 aliphatic heterocycles. The van der Waals surface area contributed by atoms with E-state index in [9.17, 15) is 9.59 Å². The van der Waals surface area contributed by atoms with Gasteiger partial charge in [-0.1, -0.05) is 41.8 Å². The molecule has 0 aliphatic carbocycles. The second kappa shape index (κ2) is 13.3. The largest absolute Gasteiger partial charge is 0.490 e. The van der Waals surface area contributed by atoms with Gasteiger partial charge in [-0.05, 0) is 32.4 Å². The molecule has 0 saturated heterocycles. The van der Waals surface area contributed by atoms with E-state index in [0.717, 1.165) is 6.42 Å². The van der Waals surface area contributed by atoms with Gasteiger partial charge < -0.3 is 20.1 Å². The molecule has 2 rings (SSSR count). The molecule has 164 valence electrons. The van der Waals surface area contributed by atoms with Gasteiger partial charge in [-0.3, -0.25) is 9.59 Å². The summed E-state index contributed by atoms with van der Waals surface area (Å²) >= 11 is 4.02. The molecule has 2 amide bonds. The SMILES string of the molecule is CCCNC(=O)CSc1nnc(SCC(=O)Nc2ccc(OCC)c(OCC)c2)s1. The number of ether oxygens (including phenoxy) is 2. The van der Waals surface area contributed by atoms with E-state index in [1.807, 2.05) is 20.8 Å². The van der Waals surface area contributed by atoms with E-state index in [1.54, 1.807) is 18.2 Å². The predicted molar refractivity (Wildman–Crippen MR) is 122 cm³/mol. The maximum Gasteiger partial charge on any atom is 0.234 e. The number of rotatable bonds is 13. The number of hydrogen-bond acceptors (Lipinski definition) is 9. The monoisotopic (exact) mass is 470 g/mol. The highest BCUT2D eigenvalue weighted by Crippen LogP contribution is 2.31. The van der Waals surface area contributed by atoms with E-state index in [1.165, 1.54) is 34.9 Å². The third-order valence-electron chi connectivity index (χ3n) is 3.44. The minimum absolute atomic E-state index is 0.0209. The molecule has 11 heteroatoms. The zero-order valence-electron chi connectivity index (χ0n) is 17.2. The number of amides is 2. The highest BCUT2D eigenvalue weighted by atomic mass is 32.2. The molecule has 0 unspecified atom stereocenters. The Labute approximate surface area is 188 Å². The molecule has 1 aromatic carbocycles. The van der Waals surface area contributed by atoms with E-state index >= 15 is 0 Å². The quantitative estimate of drug-likeness (QED) is 0.428. The minimum atomic E-state index is -0.157. The Bertz CT molecular complexity index is 832. The maximum atomic E-state index is 12.3. The lowest BCUT2D eigenvalue weighted by Gasteiger charge is -2.12. The molecule has 8 nitrogen and oxygen atoms in total. The van der Waals surface area contributed by atoms with Crippen molar-refractivity contribution in [3.8, 4) is 11.5 Å². The summed E-state index contributed by atoms with van der Waals surface area (Å²) in [6.07, 6.45) is 0.904. The number of benzene rings is 1. The van der Waals surface area contributed by atoms with Gasteiger partial charge in [0.25, 0.3) is 0 Å². The molecule has 0 fully saturated rings. The normalized spacial score (nSPS) is 10.5. The fourth-order valence-electron chi connectivity index (χ4n) is 2.21. The van der Waals surface area contributed by atoms with Crippen molar-refractivity contribution in [2.24, 2.45) is 0 Å². The molecular formula is C19H26N4O4S3. The lowest BCUT2D eigenvalue weighted by atomic mass is 10.2. The number of hydrogen-bond donors (Lipinski definition) is 2. The lowest BCUT2D eigenvalue weighted by Crippen LogP contribution is -2.25. The lowest BCUT2D eigenvalue weighted by molar-refractivity contribution is -0.118. The summed E-state index contributed by atoms with van der Waals surface area (Å²) in [5, 5.41) is 13.8. The second-order valence-electron chi connectivity index (χ2n) is 5.84. The molecule has 0 atom stereocenters. The molecule has 0 bridgehead atoms. The summed E-state index contributed by atoms with van der Waals surface area (Å²) in [7, 11) is 0. The summed E-state index contributed by atoms with van der Waals surface area (Å²) in [4.78, 5) is 23.9. The Morgan fingerprint density at radius 1 is 0.967 bits per heavy atom. The number of nitrogens with zero attached hydrogens (tertiary/aromatic N) is 2. The zero-order chi connectivity index (χ0) is 21.8. The Morgan fingerprint density at radius 3 is 2.23 bits per heavy atom. The minimum Gasteiger partial charge on any atom is -0.490 e. The van der Waals surface area contributed by atoms with Gasteiger partial charge in [-0.25, -0.2) is 0 Å². The van der Waals surface area contributed by atoms with Crippen LogP contribution in [-0.2, 0) is 9.59 Å². The molecule has 0 radical (unpaired) electrons. The van der Waals surface area contributed by atoms with Crippen molar-refractivity contribution in [1.29, 1.82) is 0 Å². The first kappa shape index (κ1) is 24.3. The Hall–Kier alpha value is -1.98. The molecule has 1 heterocycles. The smallest absolute Gasteiger partial charge is 0.234 e. The van der Waals surface area contributed by atoms with Crippen molar-refractivity contribution in [2.45, 2.75) is 35.9 Å². The van der Waals surface area contributed by atoms with Crippen LogP contribution < -0.4 is 20.1 Å². The number of anilines is 1. The van der Waals surface area contributed by atoms with Crippen LogP contribution in [0.2, 0.25) is 0 Å². The molecule has 0 aliphatic rings. The summed E-state index contributed by atoms with van der Waals surface area (Å²) in [6, 6.07) is 5.31. The van der Waals surface area contributed by atoms with E-state index in [2.05, 4.69) is 20.8 Å². The summed E-state index contributed by atoms with van der Waals surface area (Å²) in [6.45, 7) is 7.52. The van der Waals surface area contributed by atoms with Crippen LogP contribution in [0.25, 0.3) is 0 Å². The standard InChI is InChI=1S/C19H26N4O4S3/c1-4-9-20-16(24)11-28-18-22-23-19(30-18)29-12-17(25)21-13-7-8-14(26-5-2)15(10-13)27-6-3/h7-8,10H,4-6,9,11-12H2,1-3H3,(H,20,24)(H,21,25). The molecule has 30 heavy (non-hydrogen) atoms. The molecule has 1 aromatic heterocycles. The van der Waals surface area contributed by atoms with Crippen LogP contribution in [0.5, 0.6) is 11.5 Å². The van der Waals surface area contributed by atoms with Crippen molar-refractivity contribution < 1.29 is 19.1 Å². The maximum absolute atomic E-state index is 12.3. The van der Waals surface area contributed by atoms with Crippen molar-refractivity contribution in [1.82, 2.24) is 15.5 Å². The third kappa shape index (κ3) is 8.41. The number of thioether (sulfide) groups is 2. The van der Waals surface area contributed by atoms with Crippen LogP contribution in [0.1, 0.15) is 27.2 Å². The van der Waals surface area contributed by atoms with E-state index in [-0.39, 0.29) is 17.6 Å². The van der Waals surface area contributed by atoms with Crippen LogP contribution in [0.15, 0.2) is 26.9 Å². The van der Waals surface area contributed by atoms with Gasteiger partial charge in [-0.2, -0.15) is 0 Å². The topological polar surface area (TPSA) is 102 Å². The Morgan fingerprint density at radius 2 is 1.60 bits per heavy atom. The van der Waals surface area contributed by atoms with Crippen LogP contribution in [-0.4, -0.2) is 53.3 Å². The van der Waals surface area contributed by atoms with Crippen molar-refractivity contribution in [2.75, 3.05) is 36.6 Å². The summed E-state index contributed by atoms with van der Waals surface area (Å²) < 4.78 is 12.5. The first-order valence-corrected chi connectivity index (χ1v) is 12.4. The number of carbonyl (C=O) groups is 2. The zero-order valence-corrected chi connectivity index (χ0v) is 19.7. The average Bonchev–Trinajstić information content (AvgIpc) is 3.19. The summed E-state index contributed by atoms with van der Waals surface area (Å²) in [5.41, 5.74) is 0.638. The highest BCUT2D eigenvalue weighted by Gasteiger charge is 2.12. The van der Waals surface area contributed by atoms with Gasteiger partial charge in [0.15, 0.2) is 20.2 Å². The van der Waals surface area contributed by atoms with Gasteiger partial charge in [-0.15, -0.1) is 10.2 Å². The molecule has 0 saturated carbocycles. The van der Waals surface area contributed by atoms with E-state index < -0.39 is 0 Å². The third-order valence-corrected chi connectivity index (χ3v) is 6.63. The van der Waals surface area contributed by atoms with Crippen LogP contribution in [0.3, 0.4) is 0 Å². The number of carbonyl (C=O) groups excluding carboxylic acids is 2. The van der Waals surface area contributed by atoms with Gasteiger partial charge in [0.1, 0.15) is 0 Å². The number of aromatic nitrogens is 2. The van der Waals surface area contributed by atoms with Crippen molar-refractivity contribution in [3.63, 3.8) is 0 Å². The van der Waals surface area contributed by atoms with Gasteiger partial charge >= 0.3 is 0 Å². The predicted octanol–water partition coefficient (Wildman–Crippen LogP) is 3.68. The van der Waals surface area contributed by atoms with E-state index in [4.69, 9.17) is 9.47 Å².